The molecule has 0 fully saturated rings. The van der Waals surface area contributed by atoms with Crippen molar-refractivity contribution in [3.8, 4) is 22.6 Å². The number of phenols is 1. The molecule has 0 spiro atoms. The van der Waals surface area contributed by atoms with Crippen LogP contribution in [0.5, 0.6) is 11.5 Å². The Labute approximate surface area is 112 Å². The average Bonchev–Trinajstić information content (AvgIpc) is 2.31. The Balaban J connectivity index is 2.37. The van der Waals surface area contributed by atoms with Gasteiger partial charge in [0.25, 0.3) is 0 Å². The van der Waals surface area contributed by atoms with Gasteiger partial charge in [-0.15, -0.1) is 13.2 Å². The van der Waals surface area contributed by atoms with Crippen LogP contribution in [0.1, 0.15) is 0 Å². The van der Waals surface area contributed by atoms with E-state index >= 15 is 0 Å². The summed E-state index contributed by atoms with van der Waals surface area (Å²) in [6.07, 6.45) is -4.84. The fourth-order valence-corrected chi connectivity index (χ4v) is 1.84. The molecule has 0 saturated heterocycles. The molecule has 0 heterocycles. The van der Waals surface area contributed by atoms with Gasteiger partial charge in [-0.05, 0) is 23.8 Å². The number of hydrogen-bond donors (Lipinski definition) is 1. The standard InChI is InChI=1S/C13H8ClF3O2/c14-10-4-2-1-3-9(10)8-5-6-12(11(18)7-8)19-13(15,16)17/h1-7,18H. The fourth-order valence-electron chi connectivity index (χ4n) is 1.59. The highest BCUT2D eigenvalue weighted by atomic mass is 35.5. The number of alkyl halides is 3. The number of halogens is 4. The largest absolute Gasteiger partial charge is 0.573 e. The smallest absolute Gasteiger partial charge is 0.504 e. The molecule has 2 rings (SSSR count). The molecule has 0 amide bonds. The van der Waals surface area contributed by atoms with Crippen LogP contribution >= 0.6 is 11.6 Å². The second-order valence-corrected chi connectivity index (χ2v) is 4.12. The first-order chi connectivity index (χ1) is 8.87. The normalized spacial score (nSPS) is 11.4. The predicted octanol–water partition coefficient (Wildman–Crippen LogP) is 4.61. The molecular weight excluding hydrogens is 281 g/mol. The minimum Gasteiger partial charge on any atom is -0.504 e. The van der Waals surface area contributed by atoms with Crippen LogP contribution in [-0.2, 0) is 0 Å². The average molecular weight is 289 g/mol. The maximum Gasteiger partial charge on any atom is 0.573 e. The molecule has 0 radical (unpaired) electrons. The van der Waals surface area contributed by atoms with Crippen molar-refractivity contribution in [2.45, 2.75) is 6.36 Å². The molecule has 0 bridgehead atoms. The SMILES string of the molecule is Oc1cc(-c2ccccc2Cl)ccc1OC(F)(F)F. The molecule has 19 heavy (non-hydrogen) atoms. The van der Waals surface area contributed by atoms with Crippen molar-refractivity contribution in [3.05, 3.63) is 47.5 Å². The van der Waals surface area contributed by atoms with Gasteiger partial charge in [0.05, 0.1) is 0 Å². The van der Waals surface area contributed by atoms with Gasteiger partial charge in [-0.1, -0.05) is 35.9 Å². The summed E-state index contributed by atoms with van der Waals surface area (Å²) in [5.41, 5.74) is 1.11. The van der Waals surface area contributed by atoms with Gasteiger partial charge in [-0.25, -0.2) is 0 Å². The number of hydrogen-bond acceptors (Lipinski definition) is 2. The summed E-state index contributed by atoms with van der Waals surface area (Å²) in [7, 11) is 0. The van der Waals surface area contributed by atoms with Crippen LogP contribution in [0.15, 0.2) is 42.5 Å². The first-order valence-electron chi connectivity index (χ1n) is 5.20. The van der Waals surface area contributed by atoms with E-state index in [-0.39, 0.29) is 0 Å². The third-order valence-corrected chi connectivity index (χ3v) is 2.70. The zero-order valence-corrected chi connectivity index (χ0v) is 10.2. The Morgan fingerprint density at radius 3 is 2.32 bits per heavy atom. The van der Waals surface area contributed by atoms with Crippen molar-refractivity contribution in [1.82, 2.24) is 0 Å². The Bertz CT molecular complexity index is 597. The molecule has 100 valence electrons. The molecule has 0 aliphatic carbocycles. The van der Waals surface area contributed by atoms with Gasteiger partial charge in [0.2, 0.25) is 0 Å². The van der Waals surface area contributed by atoms with Gasteiger partial charge in [-0.3, -0.25) is 0 Å². The lowest BCUT2D eigenvalue weighted by Gasteiger charge is -2.11. The highest BCUT2D eigenvalue weighted by Gasteiger charge is 2.32. The number of aromatic hydroxyl groups is 1. The van der Waals surface area contributed by atoms with Gasteiger partial charge in [-0.2, -0.15) is 0 Å². The van der Waals surface area contributed by atoms with E-state index in [0.29, 0.717) is 16.1 Å². The summed E-state index contributed by atoms with van der Waals surface area (Å²) in [4.78, 5) is 0. The lowest BCUT2D eigenvalue weighted by Crippen LogP contribution is -2.17. The number of ether oxygens (including phenoxy) is 1. The van der Waals surface area contributed by atoms with Gasteiger partial charge in [0, 0.05) is 10.6 Å². The van der Waals surface area contributed by atoms with E-state index < -0.39 is 17.9 Å². The zero-order valence-electron chi connectivity index (χ0n) is 9.41. The summed E-state index contributed by atoms with van der Waals surface area (Å²) in [5, 5.41) is 9.98. The van der Waals surface area contributed by atoms with Crippen LogP contribution in [0.25, 0.3) is 11.1 Å². The van der Waals surface area contributed by atoms with Crippen LogP contribution in [-0.4, -0.2) is 11.5 Å². The van der Waals surface area contributed by atoms with Crippen molar-refractivity contribution in [1.29, 1.82) is 0 Å². The maximum absolute atomic E-state index is 12.1. The molecule has 0 unspecified atom stereocenters. The summed E-state index contributed by atoms with van der Waals surface area (Å²) in [5.74, 6) is -1.25. The van der Waals surface area contributed by atoms with E-state index in [0.717, 1.165) is 6.07 Å². The van der Waals surface area contributed by atoms with Crippen LogP contribution in [0.3, 0.4) is 0 Å². The minimum absolute atomic E-state index is 0.436. The van der Waals surface area contributed by atoms with Crippen molar-refractivity contribution < 1.29 is 23.0 Å². The summed E-state index contributed by atoms with van der Waals surface area (Å²) in [6.45, 7) is 0. The Morgan fingerprint density at radius 2 is 1.74 bits per heavy atom. The van der Waals surface area contributed by atoms with Crippen molar-refractivity contribution in [2.24, 2.45) is 0 Å². The van der Waals surface area contributed by atoms with E-state index in [2.05, 4.69) is 4.74 Å². The van der Waals surface area contributed by atoms with E-state index in [4.69, 9.17) is 11.6 Å². The van der Waals surface area contributed by atoms with Crippen LogP contribution in [0.2, 0.25) is 5.02 Å². The maximum atomic E-state index is 12.1. The number of rotatable bonds is 2. The Kier molecular flexibility index (Phi) is 3.57. The van der Waals surface area contributed by atoms with E-state index in [1.165, 1.54) is 12.1 Å². The van der Waals surface area contributed by atoms with Crippen LogP contribution in [0, 0.1) is 0 Å². The lowest BCUT2D eigenvalue weighted by molar-refractivity contribution is -0.275. The third-order valence-electron chi connectivity index (χ3n) is 2.37. The van der Waals surface area contributed by atoms with Gasteiger partial charge in [0.15, 0.2) is 11.5 Å². The molecule has 2 aromatic carbocycles. The van der Waals surface area contributed by atoms with Crippen LogP contribution < -0.4 is 4.74 Å². The summed E-state index contributed by atoms with van der Waals surface area (Å²) >= 11 is 5.96. The fraction of sp³-hybridized carbons (Fsp3) is 0.0769. The molecule has 2 aromatic rings. The quantitative estimate of drug-likeness (QED) is 0.874. The lowest BCUT2D eigenvalue weighted by atomic mass is 10.1. The minimum atomic E-state index is -4.84. The molecule has 0 atom stereocenters. The Hall–Kier alpha value is -1.88. The summed E-state index contributed by atoms with van der Waals surface area (Å²) in [6, 6.07) is 10.4. The van der Waals surface area contributed by atoms with E-state index in [1.807, 2.05) is 0 Å². The topological polar surface area (TPSA) is 29.5 Å². The number of benzene rings is 2. The summed E-state index contributed by atoms with van der Waals surface area (Å²) < 4.78 is 39.8. The van der Waals surface area contributed by atoms with Gasteiger partial charge in [0.1, 0.15) is 0 Å². The third kappa shape index (κ3) is 3.32. The molecule has 0 aromatic heterocycles. The van der Waals surface area contributed by atoms with Crippen molar-refractivity contribution in [3.63, 3.8) is 0 Å². The van der Waals surface area contributed by atoms with E-state index in [1.54, 1.807) is 24.3 Å². The second kappa shape index (κ2) is 5.01. The first-order valence-corrected chi connectivity index (χ1v) is 5.58. The molecule has 2 nitrogen and oxygen atoms in total. The van der Waals surface area contributed by atoms with Crippen LogP contribution in [0.4, 0.5) is 13.2 Å². The first kappa shape index (κ1) is 13.5. The Morgan fingerprint density at radius 1 is 1.05 bits per heavy atom. The highest BCUT2D eigenvalue weighted by Crippen LogP contribution is 2.36. The molecule has 6 heteroatoms. The molecule has 1 N–H and O–H groups in total. The molecule has 0 saturated carbocycles. The predicted molar refractivity (Wildman–Crippen MR) is 65.2 cm³/mol. The van der Waals surface area contributed by atoms with Crippen molar-refractivity contribution >= 4 is 11.6 Å². The highest BCUT2D eigenvalue weighted by molar-refractivity contribution is 6.33. The second-order valence-electron chi connectivity index (χ2n) is 3.71. The molecule has 0 aliphatic heterocycles. The zero-order chi connectivity index (χ0) is 14.0. The monoisotopic (exact) mass is 288 g/mol. The van der Waals surface area contributed by atoms with Gasteiger partial charge >= 0.3 is 6.36 Å². The molecule has 0 aliphatic rings. The number of phenolic OH excluding ortho intramolecular Hbond substituents is 1. The van der Waals surface area contributed by atoms with Gasteiger partial charge < -0.3 is 9.84 Å². The van der Waals surface area contributed by atoms with E-state index in [9.17, 15) is 18.3 Å². The van der Waals surface area contributed by atoms with Crippen molar-refractivity contribution in [2.75, 3.05) is 0 Å². The molecular formula is C13H8ClF3O2.